The Bertz CT molecular complexity index is 629. The van der Waals surface area contributed by atoms with Gasteiger partial charge in [0.1, 0.15) is 4.90 Å². The molecule has 1 aliphatic heterocycles. The zero-order valence-corrected chi connectivity index (χ0v) is 14.9. The van der Waals surface area contributed by atoms with Crippen LogP contribution in [0.4, 0.5) is 0 Å². The lowest BCUT2D eigenvalue weighted by molar-refractivity contribution is -0.00803. The highest BCUT2D eigenvalue weighted by molar-refractivity contribution is 7.89. The molecule has 0 atom stereocenters. The van der Waals surface area contributed by atoms with Gasteiger partial charge in [-0.25, -0.2) is 13.1 Å². The van der Waals surface area contributed by atoms with E-state index in [1.165, 1.54) is 12.1 Å². The zero-order chi connectivity index (χ0) is 16.4. The van der Waals surface area contributed by atoms with Crippen LogP contribution in [0.15, 0.2) is 23.1 Å². The summed E-state index contributed by atoms with van der Waals surface area (Å²) in [6.45, 7) is 7.17. The summed E-state index contributed by atoms with van der Waals surface area (Å²) in [5, 5.41) is 0.485. The van der Waals surface area contributed by atoms with E-state index in [0.29, 0.717) is 18.2 Å². The van der Waals surface area contributed by atoms with Crippen LogP contribution in [0.25, 0.3) is 0 Å². The van der Waals surface area contributed by atoms with Crippen molar-refractivity contribution in [3.05, 3.63) is 28.2 Å². The van der Waals surface area contributed by atoms with Crippen LogP contribution < -0.4 is 4.72 Å². The zero-order valence-electron chi connectivity index (χ0n) is 12.6. The number of rotatable bonds is 5. The Kier molecular flexibility index (Phi) is 5.74. The van der Waals surface area contributed by atoms with Gasteiger partial charge in [-0.2, -0.15) is 0 Å². The van der Waals surface area contributed by atoms with Gasteiger partial charge in [0.15, 0.2) is 0 Å². The highest BCUT2D eigenvalue weighted by Gasteiger charge is 2.30. The summed E-state index contributed by atoms with van der Waals surface area (Å²) < 4.78 is 32.8. The number of benzene rings is 1. The van der Waals surface area contributed by atoms with E-state index in [2.05, 4.69) is 9.62 Å². The third kappa shape index (κ3) is 4.34. The highest BCUT2D eigenvalue weighted by atomic mass is 35.5. The third-order valence-electron chi connectivity index (χ3n) is 3.74. The Morgan fingerprint density at radius 1 is 1.27 bits per heavy atom. The minimum Gasteiger partial charge on any atom is -0.379 e. The van der Waals surface area contributed by atoms with Crippen molar-refractivity contribution in [3.8, 4) is 0 Å². The van der Waals surface area contributed by atoms with Crippen molar-refractivity contribution in [2.45, 2.75) is 24.3 Å². The second-order valence-corrected chi connectivity index (χ2v) is 8.39. The maximum absolute atomic E-state index is 12.4. The number of ether oxygens (including phenoxy) is 1. The van der Waals surface area contributed by atoms with Gasteiger partial charge in [0, 0.05) is 30.2 Å². The van der Waals surface area contributed by atoms with Gasteiger partial charge in [-0.1, -0.05) is 23.2 Å². The van der Waals surface area contributed by atoms with Gasteiger partial charge < -0.3 is 4.74 Å². The minimum absolute atomic E-state index is 0.000515. The molecule has 1 aromatic carbocycles. The molecule has 0 radical (unpaired) electrons. The van der Waals surface area contributed by atoms with E-state index in [1.807, 2.05) is 13.8 Å². The van der Waals surface area contributed by atoms with Crippen LogP contribution in [0.3, 0.4) is 0 Å². The number of nitrogens with zero attached hydrogens (tertiary/aromatic N) is 1. The molecule has 124 valence electrons. The summed E-state index contributed by atoms with van der Waals surface area (Å²) in [4.78, 5) is 2.21. The van der Waals surface area contributed by atoms with Crippen LogP contribution in [0.1, 0.15) is 13.8 Å². The molecule has 2 rings (SSSR count). The highest BCUT2D eigenvalue weighted by Crippen LogP contribution is 2.25. The van der Waals surface area contributed by atoms with Crippen molar-refractivity contribution in [1.82, 2.24) is 9.62 Å². The number of hydrogen-bond donors (Lipinski definition) is 1. The molecular formula is C14H20Cl2N2O3S. The van der Waals surface area contributed by atoms with Crippen molar-refractivity contribution in [2.75, 3.05) is 32.8 Å². The van der Waals surface area contributed by atoms with E-state index in [1.54, 1.807) is 6.07 Å². The first kappa shape index (κ1) is 18.0. The second kappa shape index (κ2) is 7.03. The molecule has 5 nitrogen and oxygen atoms in total. The fourth-order valence-electron chi connectivity index (χ4n) is 2.31. The molecule has 1 N–H and O–H groups in total. The average molecular weight is 367 g/mol. The fraction of sp³-hybridized carbons (Fsp3) is 0.571. The third-order valence-corrected chi connectivity index (χ3v) is 5.86. The van der Waals surface area contributed by atoms with Crippen LogP contribution in [0.2, 0.25) is 10.0 Å². The Labute approximate surface area is 141 Å². The summed E-state index contributed by atoms with van der Waals surface area (Å²) in [6, 6.07) is 4.39. The molecule has 1 fully saturated rings. The van der Waals surface area contributed by atoms with E-state index in [0.717, 1.165) is 13.1 Å². The van der Waals surface area contributed by atoms with Crippen LogP contribution >= 0.6 is 23.2 Å². The molecule has 0 amide bonds. The molecule has 22 heavy (non-hydrogen) atoms. The van der Waals surface area contributed by atoms with Crippen molar-refractivity contribution < 1.29 is 13.2 Å². The molecule has 0 bridgehead atoms. The molecule has 0 aromatic heterocycles. The maximum Gasteiger partial charge on any atom is 0.242 e. The minimum atomic E-state index is -3.71. The summed E-state index contributed by atoms with van der Waals surface area (Å²) in [7, 11) is -3.71. The molecule has 1 aliphatic rings. The van der Waals surface area contributed by atoms with Gasteiger partial charge in [0.25, 0.3) is 0 Å². The quantitative estimate of drug-likeness (QED) is 0.868. The van der Waals surface area contributed by atoms with Gasteiger partial charge in [0.05, 0.1) is 18.2 Å². The number of hydrogen-bond acceptors (Lipinski definition) is 4. The summed E-state index contributed by atoms with van der Waals surface area (Å²) in [5.74, 6) is 0. The van der Waals surface area contributed by atoms with Crippen molar-refractivity contribution in [2.24, 2.45) is 0 Å². The smallest absolute Gasteiger partial charge is 0.242 e. The Morgan fingerprint density at radius 2 is 1.91 bits per heavy atom. The Morgan fingerprint density at radius 3 is 2.55 bits per heavy atom. The number of morpholine rings is 1. The lowest BCUT2D eigenvalue weighted by Crippen LogP contribution is -2.55. The first-order valence-electron chi connectivity index (χ1n) is 7.00. The molecule has 1 saturated heterocycles. The van der Waals surface area contributed by atoms with Gasteiger partial charge >= 0.3 is 0 Å². The first-order valence-corrected chi connectivity index (χ1v) is 9.24. The molecule has 0 unspecified atom stereocenters. The van der Waals surface area contributed by atoms with Crippen molar-refractivity contribution in [1.29, 1.82) is 0 Å². The SMILES string of the molecule is CC(C)(CNS(=O)(=O)c1cc(Cl)ccc1Cl)N1CCOCC1. The van der Waals surface area contributed by atoms with Crippen LogP contribution in [-0.4, -0.2) is 51.7 Å². The van der Waals surface area contributed by atoms with Gasteiger partial charge in [-0.3, -0.25) is 4.90 Å². The van der Waals surface area contributed by atoms with E-state index in [-0.39, 0.29) is 22.0 Å². The Hall–Kier alpha value is -0.370. The van der Waals surface area contributed by atoms with E-state index in [4.69, 9.17) is 27.9 Å². The van der Waals surface area contributed by atoms with Crippen LogP contribution in [0.5, 0.6) is 0 Å². The van der Waals surface area contributed by atoms with Gasteiger partial charge in [-0.15, -0.1) is 0 Å². The van der Waals surface area contributed by atoms with Crippen LogP contribution in [-0.2, 0) is 14.8 Å². The average Bonchev–Trinajstić information content (AvgIpc) is 2.49. The lowest BCUT2D eigenvalue weighted by atomic mass is 10.0. The molecule has 8 heteroatoms. The molecular weight excluding hydrogens is 347 g/mol. The van der Waals surface area contributed by atoms with E-state index < -0.39 is 10.0 Å². The fourth-order valence-corrected chi connectivity index (χ4v) is 4.28. The summed E-state index contributed by atoms with van der Waals surface area (Å²) in [5.41, 5.74) is -0.318. The lowest BCUT2D eigenvalue weighted by Gasteiger charge is -2.40. The standard InChI is InChI=1S/C14H20Cl2N2O3S/c1-14(2,18-5-7-21-8-6-18)10-17-22(19,20)13-9-11(15)3-4-12(13)16/h3-4,9,17H,5-8,10H2,1-2H3. The predicted molar refractivity (Wildman–Crippen MR) is 88.1 cm³/mol. The van der Waals surface area contributed by atoms with Crippen molar-refractivity contribution >= 4 is 33.2 Å². The van der Waals surface area contributed by atoms with Gasteiger partial charge in [0.2, 0.25) is 10.0 Å². The largest absolute Gasteiger partial charge is 0.379 e. The van der Waals surface area contributed by atoms with Crippen LogP contribution in [0, 0.1) is 0 Å². The van der Waals surface area contributed by atoms with E-state index >= 15 is 0 Å². The normalized spacial score (nSPS) is 17.6. The second-order valence-electron chi connectivity index (χ2n) is 5.81. The monoisotopic (exact) mass is 366 g/mol. The number of sulfonamides is 1. The molecule has 0 spiro atoms. The first-order chi connectivity index (χ1) is 10.2. The number of halogens is 2. The Balaban J connectivity index is 2.10. The van der Waals surface area contributed by atoms with Gasteiger partial charge in [-0.05, 0) is 32.0 Å². The predicted octanol–water partition coefficient (Wildman–Crippen LogP) is 2.38. The van der Waals surface area contributed by atoms with Crippen molar-refractivity contribution in [3.63, 3.8) is 0 Å². The molecule has 1 heterocycles. The molecule has 0 saturated carbocycles. The maximum atomic E-state index is 12.4. The molecule has 0 aliphatic carbocycles. The summed E-state index contributed by atoms with van der Waals surface area (Å²) in [6.07, 6.45) is 0. The summed E-state index contributed by atoms with van der Waals surface area (Å²) >= 11 is 11.8. The number of nitrogens with one attached hydrogen (secondary N) is 1. The van der Waals surface area contributed by atoms with E-state index in [9.17, 15) is 8.42 Å². The molecule has 1 aromatic rings. The topological polar surface area (TPSA) is 58.6 Å².